The molecule has 1 saturated heterocycles. The van der Waals surface area contributed by atoms with E-state index in [4.69, 9.17) is 4.74 Å². The number of carbonyl (C=O) groups excluding carboxylic acids is 1. The third-order valence-electron chi connectivity index (χ3n) is 3.89. The van der Waals surface area contributed by atoms with Crippen molar-refractivity contribution in [3.05, 3.63) is 41.7 Å². The van der Waals surface area contributed by atoms with E-state index in [-0.39, 0.29) is 18.7 Å². The number of aliphatic carboxylic acids is 1. The van der Waals surface area contributed by atoms with E-state index in [1.54, 1.807) is 6.92 Å². The molecule has 3 rings (SSSR count). The lowest BCUT2D eigenvalue weighted by molar-refractivity contribution is -0.144. The summed E-state index contributed by atoms with van der Waals surface area (Å²) in [5.74, 6) is -1.69. The van der Waals surface area contributed by atoms with E-state index in [0.29, 0.717) is 12.3 Å². The molecule has 0 spiro atoms. The Kier molecular flexibility index (Phi) is 3.83. The van der Waals surface area contributed by atoms with Crippen molar-refractivity contribution in [1.29, 1.82) is 0 Å². The Morgan fingerprint density at radius 1 is 1.35 bits per heavy atom. The van der Waals surface area contributed by atoms with E-state index in [1.165, 1.54) is 4.68 Å². The lowest BCUT2D eigenvalue weighted by Gasteiger charge is -2.23. The molecule has 120 valence electrons. The predicted molar refractivity (Wildman–Crippen MR) is 79.4 cm³/mol. The largest absolute Gasteiger partial charge is 0.479 e. The number of hydrogen-bond donors (Lipinski definition) is 2. The minimum atomic E-state index is -1.40. The fourth-order valence-corrected chi connectivity index (χ4v) is 2.52. The Morgan fingerprint density at radius 3 is 2.70 bits per heavy atom. The van der Waals surface area contributed by atoms with Gasteiger partial charge in [-0.3, -0.25) is 4.79 Å². The first-order valence-corrected chi connectivity index (χ1v) is 7.15. The minimum absolute atomic E-state index is 0.0556. The number of ether oxygens (including phenoxy) is 1. The van der Waals surface area contributed by atoms with Crippen LogP contribution in [0.5, 0.6) is 0 Å². The molecule has 0 aliphatic carbocycles. The number of hydrogen-bond acceptors (Lipinski definition) is 5. The summed E-state index contributed by atoms with van der Waals surface area (Å²) in [6.07, 6.45) is 0.222. The number of rotatable bonds is 4. The van der Waals surface area contributed by atoms with Crippen LogP contribution < -0.4 is 5.32 Å². The van der Waals surface area contributed by atoms with Gasteiger partial charge < -0.3 is 15.2 Å². The SMILES string of the molecule is Cc1c(C(=O)NC2(C(=O)O)CCOC2)nnn1-c1ccccc1. The summed E-state index contributed by atoms with van der Waals surface area (Å²) in [5, 5.41) is 19.8. The van der Waals surface area contributed by atoms with Gasteiger partial charge in [0.15, 0.2) is 11.2 Å². The topological polar surface area (TPSA) is 106 Å². The van der Waals surface area contributed by atoms with Crippen LogP contribution in [0.1, 0.15) is 22.6 Å². The molecule has 0 bridgehead atoms. The fraction of sp³-hybridized carbons (Fsp3) is 0.333. The van der Waals surface area contributed by atoms with E-state index >= 15 is 0 Å². The van der Waals surface area contributed by atoms with Gasteiger partial charge in [0.2, 0.25) is 0 Å². The summed E-state index contributed by atoms with van der Waals surface area (Å²) in [6.45, 7) is 1.95. The minimum Gasteiger partial charge on any atom is -0.479 e. The van der Waals surface area contributed by atoms with Crippen LogP contribution in [-0.4, -0.2) is 50.7 Å². The number of para-hydroxylation sites is 1. The molecule has 8 nitrogen and oxygen atoms in total. The molecule has 1 amide bonds. The molecule has 23 heavy (non-hydrogen) atoms. The normalized spacial score (nSPS) is 20.4. The number of nitrogens with one attached hydrogen (secondary N) is 1. The van der Waals surface area contributed by atoms with Crippen LogP contribution in [0.2, 0.25) is 0 Å². The average Bonchev–Trinajstić information content (AvgIpc) is 3.16. The maximum Gasteiger partial charge on any atom is 0.331 e. The van der Waals surface area contributed by atoms with Crippen molar-refractivity contribution < 1.29 is 19.4 Å². The number of benzene rings is 1. The second kappa shape index (κ2) is 5.81. The molecule has 0 radical (unpaired) electrons. The van der Waals surface area contributed by atoms with Crippen LogP contribution in [-0.2, 0) is 9.53 Å². The molecule has 8 heteroatoms. The zero-order valence-corrected chi connectivity index (χ0v) is 12.5. The van der Waals surface area contributed by atoms with Crippen molar-refractivity contribution in [2.75, 3.05) is 13.2 Å². The first kappa shape index (κ1) is 15.2. The van der Waals surface area contributed by atoms with Crippen LogP contribution >= 0.6 is 0 Å². The van der Waals surface area contributed by atoms with Crippen LogP contribution in [0.15, 0.2) is 30.3 Å². The van der Waals surface area contributed by atoms with Crippen molar-refractivity contribution in [2.45, 2.75) is 18.9 Å². The van der Waals surface area contributed by atoms with Gasteiger partial charge in [0.1, 0.15) is 0 Å². The summed E-state index contributed by atoms with van der Waals surface area (Å²) in [5.41, 5.74) is 0.00304. The van der Waals surface area contributed by atoms with Gasteiger partial charge in [-0.25, -0.2) is 9.48 Å². The highest BCUT2D eigenvalue weighted by Crippen LogP contribution is 2.20. The number of carboxylic acids is 1. The number of nitrogens with zero attached hydrogens (tertiary/aromatic N) is 3. The first-order chi connectivity index (χ1) is 11.0. The Hall–Kier alpha value is -2.74. The number of carboxylic acid groups (broad SMARTS) is 1. The summed E-state index contributed by atoms with van der Waals surface area (Å²) in [6, 6.07) is 9.26. The number of aromatic nitrogens is 3. The average molecular weight is 316 g/mol. The van der Waals surface area contributed by atoms with E-state index in [0.717, 1.165) is 5.69 Å². The zero-order chi connectivity index (χ0) is 16.4. The lowest BCUT2D eigenvalue weighted by atomic mass is 9.99. The third kappa shape index (κ3) is 2.68. The Bertz CT molecular complexity index is 735. The molecule has 2 N–H and O–H groups in total. The molecule has 1 fully saturated rings. The highest BCUT2D eigenvalue weighted by atomic mass is 16.5. The van der Waals surface area contributed by atoms with E-state index < -0.39 is 17.4 Å². The zero-order valence-electron chi connectivity index (χ0n) is 12.5. The second-order valence-corrected chi connectivity index (χ2v) is 5.41. The maximum atomic E-state index is 12.4. The number of amides is 1. The van der Waals surface area contributed by atoms with Crippen LogP contribution in [0.25, 0.3) is 5.69 Å². The summed E-state index contributed by atoms with van der Waals surface area (Å²) in [7, 11) is 0. The Morgan fingerprint density at radius 2 is 2.09 bits per heavy atom. The highest BCUT2D eigenvalue weighted by Gasteiger charge is 2.44. The van der Waals surface area contributed by atoms with Gasteiger partial charge in [0.05, 0.1) is 18.0 Å². The van der Waals surface area contributed by atoms with E-state index in [1.807, 2.05) is 30.3 Å². The summed E-state index contributed by atoms with van der Waals surface area (Å²) >= 11 is 0. The van der Waals surface area contributed by atoms with Gasteiger partial charge in [-0.2, -0.15) is 0 Å². The first-order valence-electron chi connectivity index (χ1n) is 7.15. The second-order valence-electron chi connectivity index (χ2n) is 5.41. The molecule has 2 heterocycles. The van der Waals surface area contributed by atoms with Gasteiger partial charge in [-0.15, -0.1) is 5.10 Å². The van der Waals surface area contributed by atoms with Crippen molar-refractivity contribution in [2.24, 2.45) is 0 Å². The van der Waals surface area contributed by atoms with E-state index in [9.17, 15) is 14.7 Å². The molecular weight excluding hydrogens is 300 g/mol. The number of carbonyl (C=O) groups is 2. The maximum absolute atomic E-state index is 12.4. The Balaban J connectivity index is 1.86. The van der Waals surface area contributed by atoms with Gasteiger partial charge >= 0.3 is 5.97 Å². The molecule has 2 aromatic rings. The third-order valence-corrected chi connectivity index (χ3v) is 3.89. The highest BCUT2D eigenvalue weighted by molar-refractivity contribution is 5.97. The molecule has 1 aromatic carbocycles. The summed E-state index contributed by atoms with van der Waals surface area (Å²) in [4.78, 5) is 23.9. The van der Waals surface area contributed by atoms with Gasteiger partial charge in [-0.05, 0) is 19.1 Å². The predicted octanol–water partition coefficient (Wildman–Crippen LogP) is 0.549. The Labute approximate surface area is 132 Å². The van der Waals surface area contributed by atoms with Gasteiger partial charge in [0.25, 0.3) is 5.91 Å². The standard InChI is InChI=1S/C15H16N4O4/c1-10-12(17-18-19(10)11-5-3-2-4-6-11)13(20)16-15(14(21)22)7-8-23-9-15/h2-6H,7-9H2,1H3,(H,16,20)(H,21,22). The fourth-order valence-electron chi connectivity index (χ4n) is 2.52. The lowest BCUT2D eigenvalue weighted by Crippen LogP contribution is -2.55. The quantitative estimate of drug-likeness (QED) is 0.853. The molecule has 1 aromatic heterocycles. The van der Waals surface area contributed by atoms with Crippen molar-refractivity contribution in [1.82, 2.24) is 20.3 Å². The molecular formula is C15H16N4O4. The summed E-state index contributed by atoms with van der Waals surface area (Å²) < 4.78 is 6.66. The molecule has 1 unspecified atom stereocenters. The van der Waals surface area contributed by atoms with E-state index in [2.05, 4.69) is 15.6 Å². The molecule has 1 atom stereocenters. The van der Waals surface area contributed by atoms with Crippen molar-refractivity contribution >= 4 is 11.9 Å². The molecule has 1 aliphatic heterocycles. The van der Waals surface area contributed by atoms with Gasteiger partial charge in [0, 0.05) is 13.0 Å². The molecule has 1 aliphatic rings. The van der Waals surface area contributed by atoms with Crippen LogP contribution in [0, 0.1) is 6.92 Å². The molecule has 0 saturated carbocycles. The van der Waals surface area contributed by atoms with Crippen molar-refractivity contribution in [3.8, 4) is 5.69 Å². The monoisotopic (exact) mass is 316 g/mol. The van der Waals surface area contributed by atoms with Crippen LogP contribution in [0.3, 0.4) is 0 Å². The van der Waals surface area contributed by atoms with Crippen molar-refractivity contribution in [3.63, 3.8) is 0 Å². The van der Waals surface area contributed by atoms with Crippen LogP contribution in [0.4, 0.5) is 0 Å². The van der Waals surface area contributed by atoms with Gasteiger partial charge in [-0.1, -0.05) is 23.4 Å². The smallest absolute Gasteiger partial charge is 0.331 e.